The van der Waals surface area contributed by atoms with Crippen LogP contribution < -0.4 is 14.8 Å². The smallest absolute Gasteiger partial charge is 0.410 e. The highest BCUT2D eigenvalue weighted by atomic mass is 32.2. The molecule has 3 aromatic rings. The van der Waals surface area contributed by atoms with Crippen LogP contribution in [-0.2, 0) is 25.0 Å². The zero-order valence-corrected chi connectivity index (χ0v) is 32.7. The first-order valence-electron chi connectivity index (χ1n) is 17.9. The van der Waals surface area contributed by atoms with E-state index in [1.54, 1.807) is 17.0 Å². The number of amides is 3. The maximum absolute atomic E-state index is 13.8. The average Bonchev–Trinajstić information content (AvgIpc) is 3.64. The molecule has 14 heteroatoms. The number of aromatic amines is 1. The van der Waals surface area contributed by atoms with Gasteiger partial charge in [0.2, 0.25) is 15.9 Å². The lowest BCUT2D eigenvalue weighted by Crippen LogP contribution is -2.41. The summed E-state index contributed by atoms with van der Waals surface area (Å²) < 4.78 is 38.0. The van der Waals surface area contributed by atoms with Crippen LogP contribution in [0, 0.1) is 5.92 Å². The van der Waals surface area contributed by atoms with E-state index in [4.69, 9.17) is 9.47 Å². The topological polar surface area (TPSA) is 153 Å². The van der Waals surface area contributed by atoms with Crippen molar-refractivity contribution in [3.63, 3.8) is 0 Å². The Morgan fingerprint density at radius 2 is 1.65 bits per heavy atom. The summed E-state index contributed by atoms with van der Waals surface area (Å²) in [5, 5.41) is 3.83. The predicted molar refractivity (Wildman–Crippen MR) is 204 cm³/mol. The Hall–Kier alpha value is -4.30. The van der Waals surface area contributed by atoms with E-state index in [9.17, 15) is 22.8 Å². The number of benzene rings is 2. The lowest BCUT2D eigenvalue weighted by Gasteiger charge is -2.29. The minimum Gasteiger partial charge on any atom is -0.492 e. The molecule has 0 radical (unpaired) electrons. The monoisotopic (exact) mass is 738 g/mol. The van der Waals surface area contributed by atoms with Gasteiger partial charge in [0.15, 0.2) is 5.75 Å². The number of methoxy groups -OCH3 is 1. The van der Waals surface area contributed by atoms with E-state index in [0.717, 1.165) is 41.3 Å². The van der Waals surface area contributed by atoms with Crippen molar-refractivity contribution in [3.05, 3.63) is 53.2 Å². The highest BCUT2D eigenvalue weighted by Crippen LogP contribution is 2.39. The van der Waals surface area contributed by atoms with Gasteiger partial charge in [0.05, 0.1) is 36.2 Å². The van der Waals surface area contributed by atoms with E-state index in [2.05, 4.69) is 32.9 Å². The van der Waals surface area contributed by atoms with Crippen LogP contribution in [0.2, 0.25) is 0 Å². The number of hydrogen-bond acceptors (Lipinski definition) is 8. The van der Waals surface area contributed by atoms with E-state index >= 15 is 0 Å². The molecule has 1 unspecified atom stereocenters. The summed E-state index contributed by atoms with van der Waals surface area (Å²) in [6.07, 6.45) is 2.15. The van der Waals surface area contributed by atoms with Crippen LogP contribution in [0.3, 0.4) is 0 Å². The Morgan fingerprint density at radius 3 is 2.31 bits per heavy atom. The van der Waals surface area contributed by atoms with Gasteiger partial charge in [-0.25, -0.2) is 13.2 Å². The molecule has 2 atom stereocenters. The summed E-state index contributed by atoms with van der Waals surface area (Å²) in [5.74, 6) is -0.330. The van der Waals surface area contributed by atoms with Gasteiger partial charge in [0.1, 0.15) is 11.3 Å². The second kappa shape index (κ2) is 15.0. The summed E-state index contributed by atoms with van der Waals surface area (Å²) in [5.41, 5.74) is 2.70. The van der Waals surface area contributed by atoms with E-state index in [1.165, 1.54) is 7.11 Å². The summed E-state index contributed by atoms with van der Waals surface area (Å²) in [6.45, 7) is 17.3. The summed E-state index contributed by atoms with van der Waals surface area (Å²) >= 11 is 0. The first-order chi connectivity index (χ1) is 24.2. The maximum Gasteiger partial charge on any atom is 0.410 e. The van der Waals surface area contributed by atoms with Crippen molar-refractivity contribution >= 4 is 50.2 Å². The molecule has 5 rings (SSSR count). The quantitative estimate of drug-likeness (QED) is 0.256. The Morgan fingerprint density at radius 1 is 0.942 bits per heavy atom. The molecule has 2 saturated heterocycles. The van der Waals surface area contributed by atoms with Crippen molar-refractivity contribution in [2.75, 3.05) is 62.7 Å². The van der Waals surface area contributed by atoms with Gasteiger partial charge in [0, 0.05) is 50.7 Å². The van der Waals surface area contributed by atoms with Crippen molar-refractivity contribution in [2.45, 2.75) is 78.4 Å². The number of anilines is 2. The molecule has 0 spiro atoms. The molecule has 13 nitrogen and oxygen atoms in total. The van der Waals surface area contributed by atoms with E-state index in [-0.39, 0.29) is 40.8 Å². The molecule has 3 heterocycles. The predicted octanol–water partition coefficient (Wildman–Crippen LogP) is 5.95. The van der Waals surface area contributed by atoms with Crippen molar-refractivity contribution < 1.29 is 32.3 Å². The van der Waals surface area contributed by atoms with Gasteiger partial charge in [-0.05, 0) is 75.3 Å². The minimum absolute atomic E-state index is 0.00404. The zero-order valence-electron chi connectivity index (χ0n) is 31.9. The molecule has 284 valence electrons. The first kappa shape index (κ1) is 38.9. The highest BCUT2D eigenvalue weighted by molar-refractivity contribution is 7.92. The molecule has 52 heavy (non-hydrogen) atoms. The Kier molecular flexibility index (Phi) is 11.2. The lowest BCUT2D eigenvalue weighted by atomic mass is 9.86. The van der Waals surface area contributed by atoms with E-state index in [1.807, 2.05) is 64.6 Å². The first-order valence-corrected chi connectivity index (χ1v) is 19.8. The number of nitrogens with zero attached hydrogens (tertiary/aromatic N) is 3. The Bertz CT molecular complexity index is 1930. The van der Waals surface area contributed by atoms with Crippen LogP contribution in [0.25, 0.3) is 10.9 Å². The van der Waals surface area contributed by atoms with Crippen molar-refractivity contribution in [1.29, 1.82) is 0 Å². The number of nitrogens with one attached hydrogen (secondary N) is 3. The van der Waals surface area contributed by atoms with E-state index in [0.29, 0.717) is 50.5 Å². The van der Waals surface area contributed by atoms with Gasteiger partial charge in [0.25, 0.3) is 5.91 Å². The number of ether oxygens (including phenoxy) is 2. The van der Waals surface area contributed by atoms with Gasteiger partial charge in [-0.15, -0.1) is 0 Å². The molecule has 0 bridgehead atoms. The SMILES string of the molecule is COc1c(NC(=O)c2cc3cccc([C@H](C)N4CCCN(C(=O)C5CCN(C(=O)OC(C)(C)C)C5)CC4)c3[nH]2)cc(C(C)(C)C)cc1NS(C)(=O)=O. The normalized spacial score (nSPS) is 18.2. The standard InChI is InChI=1S/C38H54N6O7S/c1-24(42-15-11-16-43(19-18-42)35(46)26-14-17-44(23-26)36(47)51-38(5,6)7)28-13-10-12-25-20-31(39-32(25)28)34(45)40-29-21-27(37(2,3)4)22-30(33(29)50-8)41-52(9,48)49/h10,12-13,20-22,24,26,39,41H,11,14-19,23H2,1-9H3,(H,40,45)/t24-,26?/m0/s1. The van der Waals surface area contributed by atoms with Crippen LogP contribution >= 0.6 is 0 Å². The third kappa shape index (κ3) is 9.19. The van der Waals surface area contributed by atoms with Crippen LogP contribution in [0.5, 0.6) is 5.75 Å². The number of aromatic nitrogens is 1. The second-order valence-electron chi connectivity index (χ2n) is 16.0. The number of carbonyl (C=O) groups is 3. The molecule has 2 aliphatic rings. The molecule has 3 amide bonds. The fourth-order valence-electron chi connectivity index (χ4n) is 6.94. The fourth-order valence-corrected chi connectivity index (χ4v) is 7.50. The zero-order chi connectivity index (χ0) is 38.2. The number of likely N-dealkylation sites (tertiary alicyclic amines) is 1. The Balaban J connectivity index is 1.30. The number of rotatable bonds is 8. The number of para-hydroxylation sites is 1. The summed E-state index contributed by atoms with van der Waals surface area (Å²) in [6, 6.07) is 11.3. The molecular formula is C38H54N6O7S. The summed E-state index contributed by atoms with van der Waals surface area (Å²) in [4.78, 5) is 49.2. The van der Waals surface area contributed by atoms with E-state index < -0.39 is 21.5 Å². The molecule has 3 N–H and O–H groups in total. The number of sulfonamides is 1. The fraction of sp³-hybridized carbons (Fsp3) is 0.553. The summed E-state index contributed by atoms with van der Waals surface area (Å²) in [7, 11) is -2.19. The van der Waals surface area contributed by atoms with Gasteiger partial charge in [-0.2, -0.15) is 0 Å². The van der Waals surface area contributed by atoms with Gasteiger partial charge in [-0.3, -0.25) is 19.2 Å². The van der Waals surface area contributed by atoms with Gasteiger partial charge < -0.3 is 29.6 Å². The number of hydrogen-bond donors (Lipinski definition) is 3. The largest absolute Gasteiger partial charge is 0.492 e. The molecule has 0 saturated carbocycles. The van der Waals surface area contributed by atoms with Gasteiger partial charge >= 0.3 is 6.09 Å². The van der Waals surface area contributed by atoms with Gasteiger partial charge in [-0.1, -0.05) is 39.0 Å². The highest BCUT2D eigenvalue weighted by Gasteiger charge is 2.36. The van der Waals surface area contributed by atoms with Crippen molar-refractivity contribution in [3.8, 4) is 5.75 Å². The molecule has 2 fully saturated rings. The van der Waals surface area contributed by atoms with Crippen LogP contribution in [0.4, 0.5) is 16.2 Å². The lowest BCUT2D eigenvalue weighted by molar-refractivity contribution is -0.135. The second-order valence-corrected chi connectivity index (χ2v) is 17.7. The van der Waals surface area contributed by atoms with Crippen molar-refractivity contribution in [2.24, 2.45) is 5.92 Å². The number of carbonyl (C=O) groups excluding carboxylic acids is 3. The molecule has 1 aromatic heterocycles. The number of H-pyrrole nitrogens is 1. The molecular weight excluding hydrogens is 685 g/mol. The Labute approximate surface area is 307 Å². The molecule has 0 aliphatic carbocycles. The third-order valence-corrected chi connectivity index (χ3v) is 10.3. The minimum atomic E-state index is -3.62. The van der Waals surface area contributed by atoms with Crippen LogP contribution in [-0.4, -0.2) is 104 Å². The van der Waals surface area contributed by atoms with Crippen LogP contribution in [0.1, 0.15) is 89.0 Å². The third-order valence-electron chi connectivity index (χ3n) is 9.66. The molecule has 2 aromatic carbocycles. The maximum atomic E-state index is 13.8. The molecule has 2 aliphatic heterocycles. The number of fused-ring (bicyclic) bond motifs is 1. The van der Waals surface area contributed by atoms with Crippen molar-refractivity contribution in [1.82, 2.24) is 19.7 Å². The average molecular weight is 739 g/mol. The van der Waals surface area contributed by atoms with Crippen LogP contribution in [0.15, 0.2) is 36.4 Å².